The Morgan fingerprint density at radius 3 is 2.00 bits per heavy atom. The van der Waals surface area contributed by atoms with Crippen LogP contribution < -0.4 is 0 Å². The number of hydrogen-bond acceptors (Lipinski definition) is 1. The second-order valence-corrected chi connectivity index (χ2v) is 4.41. The molecule has 0 saturated carbocycles. The number of carbonyl (C=O) groups is 1. The molecule has 17 heavy (non-hydrogen) atoms. The van der Waals surface area contributed by atoms with Crippen molar-refractivity contribution in [1.82, 2.24) is 0 Å². The van der Waals surface area contributed by atoms with E-state index in [-0.39, 0.29) is 4.70 Å². The predicted molar refractivity (Wildman–Crippen MR) is 71.1 cm³/mol. The molecule has 0 saturated heterocycles. The van der Waals surface area contributed by atoms with E-state index in [1.807, 2.05) is 6.92 Å². The number of allylic oxidation sites excluding steroid dienone is 1. The van der Waals surface area contributed by atoms with Gasteiger partial charge in [0.1, 0.15) is 0 Å². The van der Waals surface area contributed by atoms with Crippen LogP contribution in [0.25, 0.3) is 0 Å². The van der Waals surface area contributed by atoms with Gasteiger partial charge in [0.2, 0.25) is 0 Å². The first-order valence-corrected chi connectivity index (χ1v) is 6.55. The molecule has 0 aliphatic heterocycles. The Bertz CT molecular complexity index is 234. The molecule has 0 aromatic rings. The maximum atomic E-state index is 10.8. The third-order valence-electron chi connectivity index (χ3n) is 3.11. The molecule has 0 aromatic heterocycles. The minimum atomic E-state index is -0.761. The lowest BCUT2D eigenvalue weighted by atomic mass is 9.99. The first-order valence-electron chi connectivity index (χ1n) is 6.55. The summed E-state index contributed by atoms with van der Waals surface area (Å²) in [6, 6.07) is 0. The van der Waals surface area contributed by atoms with E-state index in [2.05, 4.69) is 6.92 Å². The smallest absolute Gasteiger partial charge is 0.331 e. The van der Waals surface area contributed by atoms with Gasteiger partial charge in [0.25, 0.3) is 0 Å². The van der Waals surface area contributed by atoms with Crippen LogP contribution in [-0.2, 0) is 4.79 Å². The SMILES string of the molecule is CCCCCCCCC(CC)=C(C)C(=O)O.F. The minimum Gasteiger partial charge on any atom is -0.478 e. The molecule has 102 valence electrons. The van der Waals surface area contributed by atoms with Gasteiger partial charge in [-0.3, -0.25) is 4.70 Å². The molecule has 0 aromatic carbocycles. The van der Waals surface area contributed by atoms with Gasteiger partial charge in [-0.1, -0.05) is 51.5 Å². The van der Waals surface area contributed by atoms with E-state index in [0.29, 0.717) is 5.57 Å². The zero-order valence-corrected chi connectivity index (χ0v) is 11.4. The average Bonchev–Trinajstić information content (AvgIpc) is 2.27. The third kappa shape index (κ3) is 8.90. The largest absolute Gasteiger partial charge is 0.478 e. The summed E-state index contributed by atoms with van der Waals surface area (Å²) in [7, 11) is 0. The van der Waals surface area contributed by atoms with Crippen molar-refractivity contribution in [2.75, 3.05) is 0 Å². The van der Waals surface area contributed by atoms with Crippen LogP contribution in [0, 0.1) is 0 Å². The fraction of sp³-hybridized carbons (Fsp3) is 0.786. The highest BCUT2D eigenvalue weighted by Crippen LogP contribution is 2.18. The molecule has 0 atom stereocenters. The summed E-state index contributed by atoms with van der Waals surface area (Å²) in [5.74, 6) is -0.761. The Morgan fingerprint density at radius 1 is 1.00 bits per heavy atom. The topological polar surface area (TPSA) is 37.3 Å². The summed E-state index contributed by atoms with van der Waals surface area (Å²) < 4.78 is 0. The molecule has 0 aliphatic rings. The molecule has 0 aliphatic carbocycles. The van der Waals surface area contributed by atoms with Crippen LogP contribution in [0.4, 0.5) is 4.70 Å². The van der Waals surface area contributed by atoms with Crippen molar-refractivity contribution >= 4 is 5.97 Å². The predicted octanol–water partition coefficient (Wildman–Crippen LogP) is 4.70. The van der Waals surface area contributed by atoms with Gasteiger partial charge in [-0.15, -0.1) is 0 Å². The number of rotatable bonds is 9. The summed E-state index contributed by atoms with van der Waals surface area (Å²) in [5.41, 5.74) is 1.67. The lowest BCUT2D eigenvalue weighted by Crippen LogP contribution is -2.01. The van der Waals surface area contributed by atoms with Crippen molar-refractivity contribution < 1.29 is 14.6 Å². The van der Waals surface area contributed by atoms with Crippen LogP contribution in [0.15, 0.2) is 11.1 Å². The Kier molecular flexibility index (Phi) is 12.6. The Labute approximate surface area is 104 Å². The number of unbranched alkanes of at least 4 members (excludes halogenated alkanes) is 5. The van der Waals surface area contributed by atoms with Gasteiger partial charge >= 0.3 is 5.97 Å². The van der Waals surface area contributed by atoms with E-state index in [1.165, 1.54) is 32.1 Å². The number of hydrogen-bond donors (Lipinski definition) is 1. The number of aliphatic carboxylic acids is 1. The van der Waals surface area contributed by atoms with Gasteiger partial charge < -0.3 is 5.11 Å². The fourth-order valence-corrected chi connectivity index (χ4v) is 1.90. The van der Waals surface area contributed by atoms with Gasteiger partial charge in [-0.05, 0) is 26.2 Å². The van der Waals surface area contributed by atoms with E-state index >= 15 is 0 Å². The van der Waals surface area contributed by atoms with Gasteiger partial charge in [-0.2, -0.15) is 0 Å². The maximum absolute atomic E-state index is 10.8. The van der Waals surface area contributed by atoms with Gasteiger partial charge in [0, 0.05) is 5.57 Å². The molecule has 1 N–H and O–H groups in total. The second kappa shape index (κ2) is 11.6. The molecular weight excluding hydrogens is 219 g/mol. The highest BCUT2D eigenvalue weighted by molar-refractivity contribution is 5.86. The third-order valence-corrected chi connectivity index (χ3v) is 3.11. The molecular formula is C14H27FO2. The zero-order valence-electron chi connectivity index (χ0n) is 11.4. The highest BCUT2D eigenvalue weighted by atomic mass is 19.0. The molecule has 0 fully saturated rings. The molecule has 2 nitrogen and oxygen atoms in total. The van der Waals surface area contributed by atoms with Crippen LogP contribution in [0.1, 0.15) is 72.1 Å². The van der Waals surface area contributed by atoms with E-state index < -0.39 is 5.97 Å². The number of halogens is 1. The average molecular weight is 246 g/mol. The van der Waals surface area contributed by atoms with Crippen molar-refractivity contribution in [1.29, 1.82) is 0 Å². The summed E-state index contributed by atoms with van der Waals surface area (Å²) in [6.45, 7) is 5.98. The summed E-state index contributed by atoms with van der Waals surface area (Å²) in [6.07, 6.45) is 9.40. The Morgan fingerprint density at radius 2 is 1.53 bits per heavy atom. The quantitative estimate of drug-likeness (QED) is 0.473. The van der Waals surface area contributed by atoms with Crippen LogP contribution in [-0.4, -0.2) is 11.1 Å². The second-order valence-electron chi connectivity index (χ2n) is 4.41. The normalized spacial score (nSPS) is 11.7. The molecule has 0 radical (unpaired) electrons. The van der Waals surface area contributed by atoms with Crippen molar-refractivity contribution in [3.05, 3.63) is 11.1 Å². The first-order chi connectivity index (χ1) is 7.63. The van der Waals surface area contributed by atoms with Crippen molar-refractivity contribution in [3.63, 3.8) is 0 Å². The van der Waals surface area contributed by atoms with Crippen LogP contribution in [0.3, 0.4) is 0 Å². The van der Waals surface area contributed by atoms with Crippen LogP contribution in [0.2, 0.25) is 0 Å². The van der Waals surface area contributed by atoms with Gasteiger partial charge in [0.15, 0.2) is 0 Å². The zero-order chi connectivity index (χ0) is 12.4. The summed E-state index contributed by atoms with van der Waals surface area (Å²) in [4.78, 5) is 10.8. The minimum absolute atomic E-state index is 0. The molecule has 0 rings (SSSR count). The lowest BCUT2D eigenvalue weighted by molar-refractivity contribution is -0.132. The van der Waals surface area contributed by atoms with Crippen molar-refractivity contribution in [2.24, 2.45) is 0 Å². The summed E-state index contributed by atoms with van der Waals surface area (Å²) in [5, 5.41) is 8.90. The van der Waals surface area contributed by atoms with E-state index in [4.69, 9.17) is 5.11 Å². The molecule has 0 amide bonds. The molecule has 0 unspecified atom stereocenters. The summed E-state index contributed by atoms with van der Waals surface area (Å²) >= 11 is 0. The number of carboxylic acid groups (broad SMARTS) is 1. The fourth-order valence-electron chi connectivity index (χ4n) is 1.90. The molecule has 0 spiro atoms. The van der Waals surface area contributed by atoms with E-state index in [9.17, 15) is 4.79 Å². The van der Waals surface area contributed by atoms with E-state index in [0.717, 1.165) is 24.8 Å². The maximum Gasteiger partial charge on any atom is 0.331 e. The van der Waals surface area contributed by atoms with Gasteiger partial charge in [0.05, 0.1) is 0 Å². The molecule has 0 bridgehead atoms. The lowest BCUT2D eigenvalue weighted by Gasteiger charge is -2.07. The van der Waals surface area contributed by atoms with Crippen molar-refractivity contribution in [3.8, 4) is 0 Å². The first kappa shape index (κ1) is 18.5. The molecule has 3 heteroatoms. The van der Waals surface area contributed by atoms with Crippen LogP contribution >= 0.6 is 0 Å². The Balaban J connectivity index is 0. The monoisotopic (exact) mass is 246 g/mol. The van der Waals surface area contributed by atoms with E-state index in [1.54, 1.807) is 6.92 Å². The standard InChI is InChI=1S/C14H26O2.FH/c1-4-6-7-8-9-10-11-13(5-2)12(3)14(15)16;/h4-11H2,1-3H3,(H,15,16);1H. The van der Waals surface area contributed by atoms with Gasteiger partial charge in [-0.25, -0.2) is 4.79 Å². The van der Waals surface area contributed by atoms with Crippen LogP contribution in [0.5, 0.6) is 0 Å². The Hall–Kier alpha value is -0.860. The highest BCUT2D eigenvalue weighted by Gasteiger charge is 2.06. The van der Waals surface area contributed by atoms with Crippen molar-refractivity contribution in [2.45, 2.75) is 72.1 Å². The molecule has 0 heterocycles. The number of carboxylic acids is 1.